The molecule has 2 amide bonds. The zero-order valence-electron chi connectivity index (χ0n) is 15.2. The zero-order valence-corrected chi connectivity index (χ0v) is 17.6. The van der Waals surface area contributed by atoms with Crippen molar-refractivity contribution < 1.29 is 29.0 Å². The molecular formula is C16H17BrN4O6S. The Labute approximate surface area is 172 Å². The van der Waals surface area contributed by atoms with E-state index in [1.54, 1.807) is 14.0 Å². The van der Waals surface area contributed by atoms with Gasteiger partial charge in [0.05, 0.1) is 10.2 Å². The second-order valence-corrected chi connectivity index (χ2v) is 8.17. The summed E-state index contributed by atoms with van der Waals surface area (Å²) in [5.74, 6) is -2.57. The Kier molecular flexibility index (Phi) is 5.53. The van der Waals surface area contributed by atoms with Gasteiger partial charge in [-0.1, -0.05) is 0 Å². The number of aromatic nitrogens is 2. The number of fused-ring (bicyclic) bond motifs is 1. The molecule has 0 bridgehead atoms. The van der Waals surface area contributed by atoms with Gasteiger partial charge in [0.25, 0.3) is 11.8 Å². The number of nitrogens with zero attached hydrogens (tertiary/aromatic N) is 3. The number of carbonyl (C=O) groups excluding carboxylic acids is 3. The number of rotatable bonds is 5. The standard InChI is InChI=1S/C16H17BrN4O6S/c1-6-9(17)12(20(3)19-6)13(23)18-10-14(24)21-11(16(25)26)8(4-27-7(2)22)5-28-15(10)21/h10,15H,4-5H2,1-3H3,(H,18,23)(H,25,26). The molecule has 28 heavy (non-hydrogen) atoms. The molecule has 2 aliphatic rings. The molecular weight excluding hydrogens is 456 g/mol. The number of halogens is 1. The van der Waals surface area contributed by atoms with Crippen molar-refractivity contribution in [3.05, 3.63) is 27.1 Å². The maximum atomic E-state index is 12.6. The monoisotopic (exact) mass is 472 g/mol. The van der Waals surface area contributed by atoms with E-state index in [1.807, 2.05) is 0 Å². The largest absolute Gasteiger partial charge is 0.477 e. The third kappa shape index (κ3) is 3.41. The van der Waals surface area contributed by atoms with E-state index in [1.165, 1.54) is 23.4 Å². The van der Waals surface area contributed by atoms with Crippen molar-refractivity contribution in [1.82, 2.24) is 20.0 Å². The van der Waals surface area contributed by atoms with Crippen LogP contribution in [-0.2, 0) is 26.2 Å². The van der Waals surface area contributed by atoms with Gasteiger partial charge in [-0.05, 0) is 22.9 Å². The highest BCUT2D eigenvalue weighted by atomic mass is 79.9. The van der Waals surface area contributed by atoms with Crippen molar-refractivity contribution in [2.24, 2.45) is 7.05 Å². The lowest BCUT2D eigenvalue weighted by Gasteiger charge is -2.49. The molecule has 150 valence electrons. The molecule has 2 N–H and O–H groups in total. The van der Waals surface area contributed by atoms with E-state index in [2.05, 4.69) is 26.3 Å². The molecule has 1 fully saturated rings. The van der Waals surface area contributed by atoms with Crippen molar-refractivity contribution >= 4 is 51.4 Å². The highest BCUT2D eigenvalue weighted by Crippen LogP contribution is 2.40. The van der Waals surface area contributed by atoms with Gasteiger partial charge in [0.15, 0.2) is 0 Å². The van der Waals surface area contributed by atoms with Crippen LogP contribution in [0.2, 0.25) is 0 Å². The lowest BCUT2D eigenvalue weighted by Crippen LogP contribution is -2.70. The Morgan fingerprint density at radius 3 is 2.64 bits per heavy atom. The van der Waals surface area contributed by atoms with Crippen molar-refractivity contribution in [2.45, 2.75) is 25.3 Å². The number of carboxylic acids is 1. The van der Waals surface area contributed by atoms with Gasteiger partial charge in [0.2, 0.25) is 0 Å². The van der Waals surface area contributed by atoms with Crippen LogP contribution in [0.15, 0.2) is 15.7 Å². The van der Waals surface area contributed by atoms with Gasteiger partial charge in [0.1, 0.15) is 29.4 Å². The summed E-state index contributed by atoms with van der Waals surface area (Å²) < 4.78 is 6.82. The third-order valence-electron chi connectivity index (χ3n) is 4.35. The Morgan fingerprint density at radius 1 is 1.43 bits per heavy atom. The van der Waals surface area contributed by atoms with Crippen molar-refractivity contribution in [3.8, 4) is 0 Å². The molecule has 3 rings (SSSR count). The van der Waals surface area contributed by atoms with Crippen LogP contribution >= 0.6 is 27.7 Å². The molecule has 1 aromatic heterocycles. The fraction of sp³-hybridized carbons (Fsp3) is 0.438. The number of aliphatic carboxylic acids is 1. The Morgan fingerprint density at radius 2 is 2.11 bits per heavy atom. The number of amides is 2. The predicted molar refractivity (Wildman–Crippen MR) is 101 cm³/mol. The van der Waals surface area contributed by atoms with Crippen LogP contribution in [0, 0.1) is 6.92 Å². The summed E-state index contributed by atoms with van der Waals surface area (Å²) in [6, 6.07) is -0.857. The molecule has 2 atom stereocenters. The molecule has 1 saturated heterocycles. The molecule has 1 aromatic rings. The minimum absolute atomic E-state index is 0.196. The first-order valence-electron chi connectivity index (χ1n) is 8.16. The maximum Gasteiger partial charge on any atom is 0.352 e. The van der Waals surface area contributed by atoms with Crippen LogP contribution in [0.3, 0.4) is 0 Å². The minimum Gasteiger partial charge on any atom is -0.477 e. The smallest absolute Gasteiger partial charge is 0.352 e. The average Bonchev–Trinajstić information content (AvgIpc) is 2.88. The van der Waals surface area contributed by atoms with Crippen LogP contribution in [0.1, 0.15) is 23.1 Å². The molecule has 3 heterocycles. The van der Waals surface area contributed by atoms with E-state index in [-0.39, 0.29) is 23.8 Å². The number of hydrogen-bond acceptors (Lipinski definition) is 7. The molecule has 0 radical (unpaired) electrons. The number of hydrogen-bond donors (Lipinski definition) is 2. The van der Waals surface area contributed by atoms with E-state index in [0.717, 1.165) is 4.90 Å². The van der Waals surface area contributed by atoms with E-state index >= 15 is 0 Å². The molecule has 10 nitrogen and oxygen atoms in total. The minimum atomic E-state index is -1.28. The Bertz CT molecular complexity index is 926. The summed E-state index contributed by atoms with van der Waals surface area (Å²) in [5, 5.41) is 15.8. The van der Waals surface area contributed by atoms with Crippen LogP contribution in [0.5, 0.6) is 0 Å². The number of carboxylic acid groups (broad SMARTS) is 1. The van der Waals surface area contributed by atoms with Gasteiger partial charge in [-0.15, -0.1) is 11.8 Å². The van der Waals surface area contributed by atoms with Crippen LogP contribution < -0.4 is 5.32 Å². The molecule has 0 spiro atoms. The van der Waals surface area contributed by atoms with E-state index in [0.29, 0.717) is 15.7 Å². The summed E-state index contributed by atoms with van der Waals surface area (Å²) in [6.45, 7) is 2.76. The molecule has 0 aliphatic carbocycles. The number of aryl methyl sites for hydroxylation is 2. The SMILES string of the molecule is CC(=O)OCC1=C(C(=O)O)N2C(=O)C(NC(=O)c3c(Br)c(C)nn3C)C2SC1. The maximum absolute atomic E-state index is 12.6. The van der Waals surface area contributed by atoms with Crippen LogP contribution in [-0.4, -0.2) is 67.3 Å². The molecule has 0 saturated carbocycles. The number of thioether (sulfide) groups is 1. The quantitative estimate of drug-likeness (QED) is 0.465. The number of β-lactam (4-membered cyclic amide) rings is 1. The van der Waals surface area contributed by atoms with Crippen molar-refractivity contribution in [3.63, 3.8) is 0 Å². The summed E-state index contributed by atoms with van der Waals surface area (Å²) in [6.07, 6.45) is 0. The summed E-state index contributed by atoms with van der Waals surface area (Å²) in [7, 11) is 1.61. The number of nitrogens with one attached hydrogen (secondary N) is 1. The first kappa shape index (κ1) is 20.4. The first-order valence-corrected chi connectivity index (χ1v) is 10.0. The van der Waals surface area contributed by atoms with Gasteiger partial charge in [-0.2, -0.15) is 5.10 Å². The first-order chi connectivity index (χ1) is 13.1. The van der Waals surface area contributed by atoms with E-state index in [4.69, 9.17) is 4.74 Å². The average molecular weight is 473 g/mol. The number of ether oxygens (including phenoxy) is 1. The van der Waals surface area contributed by atoms with Gasteiger partial charge >= 0.3 is 11.9 Å². The lowest BCUT2D eigenvalue weighted by atomic mass is 10.0. The number of carbonyl (C=O) groups is 4. The fourth-order valence-corrected chi connectivity index (χ4v) is 4.91. The zero-order chi connectivity index (χ0) is 20.7. The normalized spacial score (nSPS) is 21.1. The molecule has 0 aromatic carbocycles. The van der Waals surface area contributed by atoms with Crippen molar-refractivity contribution in [1.29, 1.82) is 0 Å². The second kappa shape index (κ2) is 7.59. The molecule has 2 aliphatic heterocycles. The van der Waals surface area contributed by atoms with Crippen LogP contribution in [0.25, 0.3) is 0 Å². The van der Waals surface area contributed by atoms with Gasteiger partial charge in [-0.3, -0.25) is 24.0 Å². The third-order valence-corrected chi connectivity index (χ3v) is 6.64. The highest BCUT2D eigenvalue weighted by molar-refractivity contribution is 9.10. The fourth-order valence-electron chi connectivity index (χ4n) is 3.07. The second-order valence-electron chi connectivity index (χ2n) is 6.27. The number of esters is 1. The van der Waals surface area contributed by atoms with E-state index in [9.17, 15) is 24.3 Å². The topological polar surface area (TPSA) is 131 Å². The Balaban J connectivity index is 1.79. The van der Waals surface area contributed by atoms with Crippen LogP contribution in [0.4, 0.5) is 0 Å². The van der Waals surface area contributed by atoms with Gasteiger partial charge in [-0.25, -0.2) is 4.79 Å². The predicted octanol–water partition coefficient (Wildman–Crippen LogP) is 0.406. The van der Waals surface area contributed by atoms with Crippen molar-refractivity contribution in [2.75, 3.05) is 12.4 Å². The van der Waals surface area contributed by atoms with Gasteiger partial charge in [0, 0.05) is 25.3 Å². The molecule has 2 unspecified atom stereocenters. The van der Waals surface area contributed by atoms with E-state index < -0.39 is 35.2 Å². The summed E-state index contributed by atoms with van der Waals surface area (Å²) >= 11 is 4.61. The summed E-state index contributed by atoms with van der Waals surface area (Å²) in [4.78, 5) is 49.0. The Hall–Kier alpha value is -2.34. The highest BCUT2D eigenvalue weighted by Gasteiger charge is 2.54. The van der Waals surface area contributed by atoms with Gasteiger partial charge < -0.3 is 15.2 Å². The lowest BCUT2D eigenvalue weighted by molar-refractivity contribution is -0.149. The summed E-state index contributed by atoms with van der Waals surface area (Å²) in [5.41, 5.74) is 1.05. The molecule has 12 heteroatoms.